The first-order valence-electron chi connectivity index (χ1n) is 41.7. The van der Waals surface area contributed by atoms with E-state index in [1.54, 1.807) is 24.3 Å². The molecule has 0 spiro atoms. The largest absolute Gasteiger partial charge is 0.416 e. The first-order valence-corrected chi connectivity index (χ1v) is 30.8. The summed E-state index contributed by atoms with van der Waals surface area (Å²) in [5, 5.41) is -0.805. The topological polar surface area (TPSA) is 117 Å². The third kappa shape index (κ3) is 19.2. The van der Waals surface area contributed by atoms with Crippen LogP contribution in [0.25, 0.3) is 22.3 Å². The van der Waals surface area contributed by atoms with Crippen LogP contribution in [-0.2, 0) is 85.1 Å². The lowest BCUT2D eigenvalue weighted by atomic mass is 10.0. The van der Waals surface area contributed by atoms with E-state index in [1.807, 2.05) is 0 Å². The Bertz CT molecular complexity index is 5260. The van der Waals surface area contributed by atoms with E-state index < -0.39 is 228 Å². The fourth-order valence-electron chi connectivity index (χ4n) is 9.82. The monoisotopic (exact) mass is 1370 g/mol. The average Bonchev–Trinajstić information content (AvgIpc) is 1.52. The number of nitrogens with zero attached hydrogens (tertiary/aromatic N) is 8. The van der Waals surface area contributed by atoms with Gasteiger partial charge in [0, 0.05) is 96.5 Å². The smallest absolute Gasteiger partial charge is 0.336 e. The highest BCUT2D eigenvalue weighted by Crippen LogP contribution is 2.35. The van der Waals surface area contributed by atoms with E-state index in [0.717, 1.165) is 102 Å². The summed E-state index contributed by atoms with van der Waals surface area (Å²) in [5.74, 6) is -5.69. The molecule has 2 aliphatic carbocycles. The van der Waals surface area contributed by atoms with Crippen LogP contribution in [-0.4, -0.2) is 103 Å². The van der Waals surface area contributed by atoms with E-state index >= 15 is 0 Å². The summed E-state index contributed by atoms with van der Waals surface area (Å²) >= 11 is 0.733. The highest BCUT2D eigenvalue weighted by Gasteiger charge is 2.33. The number of likely N-dealkylation sites (N-methyl/N-ethyl adjacent to an activating group) is 2. The van der Waals surface area contributed by atoms with Crippen molar-refractivity contribution >= 4 is 35.3 Å². The highest BCUT2D eigenvalue weighted by atomic mass is 32.2. The normalized spacial score (nSPS) is 20.2. The molecule has 502 valence electrons. The minimum absolute atomic E-state index is 0.00646. The molecule has 95 heavy (non-hydrogen) atoms. The zero-order valence-corrected chi connectivity index (χ0v) is 53.2. The van der Waals surface area contributed by atoms with E-state index in [1.165, 1.54) is 33.7 Å². The molecule has 1 atom stereocenters. The predicted octanol–water partition coefficient (Wildman–Crippen LogP) is 14.7. The predicted molar refractivity (Wildman–Crippen MR) is 358 cm³/mol. The molecule has 0 saturated heterocycles. The van der Waals surface area contributed by atoms with Crippen molar-refractivity contribution in [1.29, 1.82) is 0 Å². The Morgan fingerprint density at radius 1 is 0.537 bits per heavy atom. The van der Waals surface area contributed by atoms with Crippen LogP contribution in [0.3, 0.4) is 0 Å². The minimum Gasteiger partial charge on any atom is -0.336 e. The molecule has 0 bridgehead atoms. The molecule has 0 saturated carbocycles. The molecule has 0 radical (unpaired) electrons. The zero-order chi connectivity index (χ0) is 90.2. The standard InChI is InChI=1S/C37H40F4N4O2S.C36H38F4N4O2S/c1-4-43(5-2)18-19-44(22-26-6-10-28(11-7-26)29-12-14-30(15-13-29)37(39,40)41)34(46)23-45-33-21-25(3)20-32(33)35(47)42-36(45)48-24-27-8-16-31(38)17-9-27;1-3-42(4-2)20-21-43(22-25-8-12-27(13-9-25)28-14-16-29(17-15-28)36(38,39)40)33(45)23-44-32-7-5-6-31(32)34(46)41-35(44)47-24-26-10-18-30(37)19-11-26/h6-17,25H,4-5,18-24H2,1-3H3;8-19H,3-7,20-24H2,1-2H3/i4D2,5D2,20D2,21D2,24D2,25D;3D2,4D2,8D,9D,12D,13D,14D,15D,16D,17D,24D2. The van der Waals surface area contributed by atoms with Gasteiger partial charge in [-0.25, -0.2) is 8.78 Å². The van der Waals surface area contributed by atoms with Crippen molar-refractivity contribution in [2.75, 3.05) is 52.2 Å². The van der Waals surface area contributed by atoms with Gasteiger partial charge in [0.2, 0.25) is 11.8 Å². The fourth-order valence-corrected chi connectivity index (χ4v) is 11.3. The van der Waals surface area contributed by atoms with Gasteiger partial charge in [-0.3, -0.25) is 19.2 Å². The molecule has 0 aliphatic heterocycles. The number of aromatic nitrogens is 4. The first kappa shape index (κ1) is 44.7. The molecule has 8 aromatic rings. The van der Waals surface area contributed by atoms with E-state index in [9.17, 15) is 54.3 Å². The van der Waals surface area contributed by atoms with Crippen LogP contribution in [0.4, 0.5) is 35.1 Å². The van der Waals surface area contributed by atoms with Gasteiger partial charge in [-0.05, 0) is 157 Å². The SMILES string of the molecule is [2H]C([2H])(Sc1nc(=O)c2c(n1CC(=O)N(CCN(C([2H])([2H])C)C([2H])([2H])C)Cc1ccc(-c3ccc(C(F)(F)F)cc3)cc1)C([2H])([2H])C([2H])(C)C2([2H])[2H])c1ccc(F)cc1.[2H]c1c([2H])c(-c2c([2H])c([2H])c(C(F)(F)F)c([2H])c2[2H])c([2H])c([2H])c1CN(CCN(C([2H])([2H])C)C([2H])([2H])C)C(=O)Cn1c(SC([2H])([2H])c2ccc(F)cc2)nc(=O)c2c1CCC2. The molecule has 1 unspecified atom stereocenters. The van der Waals surface area contributed by atoms with E-state index in [-0.39, 0.29) is 59.7 Å². The quantitative estimate of drug-likeness (QED) is 0.0295. The van der Waals surface area contributed by atoms with Crippen LogP contribution in [0.1, 0.15) is 131 Å². The molecule has 2 aromatic heterocycles. The van der Waals surface area contributed by atoms with Crippen LogP contribution in [0.5, 0.6) is 0 Å². The van der Waals surface area contributed by atoms with Crippen LogP contribution in [0.15, 0.2) is 165 Å². The van der Waals surface area contributed by atoms with Crippen LogP contribution in [0, 0.1) is 17.5 Å². The summed E-state index contributed by atoms with van der Waals surface area (Å²) in [7, 11) is 0. The number of carbonyl (C=O) groups excluding carboxylic acids is 2. The third-order valence-corrected chi connectivity index (χ3v) is 16.5. The average molecular weight is 1370 g/mol. The Kier molecular flexibility index (Phi) is 15.4. The number of benzene rings is 6. The molecule has 0 N–H and O–H groups in total. The van der Waals surface area contributed by atoms with Gasteiger partial charge in [0.15, 0.2) is 10.3 Å². The summed E-state index contributed by atoms with van der Waals surface area (Å²) in [6.07, 6.45) is -14.7. The summed E-state index contributed by atoms with van der Waals surface area (Å²) in [6.45, 7) is -8.11. The number of rotatable bonds is 26. The molecule has 22 heteroatoms. The number of carbonyl (C=O) groups is 2. The Balaban J connectivity index is 0.000000273. The molecule has 2 heterocycles. The van der Waals surface area contributed by atoms with Crippen LogP contribution >= 0.6 is 23.5 Å². The molecule has 10 rings (SSSR count). The Morgan fingerprint density at radius 3 is 1.42 bits per heavy atom. The molecule has 0 fully saturated rings. The second-order valence-electron chi connectivity index (χ2n) is 21.1. The molecule has 12 nitrogen and oxygen atoms in total. The lowest BCUT2D eigenvalue weighted by Crippen LogP contribution is -2.40. The van der Waals surface area contributed by atoms with Gasteiger partial charge < -0.3 is 28.7 Å². The summed E-state index contributed by atoms with van der Waals surface area (Å²) in [4.78, 5) is 67.6. The number of alkyl halides is 6. The third-order valence-electron chi connectivity index (χ3n) is 14.8. The Hall–Kier alpha value is -7.92. The van der Waals surface area contributed by atoms with Crippen molar-refractivity contribution in [1.82, 2.24) is 38.7 Å². The molecule has 2 amide bonds. The molecule has 2 aliphatic rings. The Labute approximate surface area is 592 Å². The van der Waals surface area contributed by atoms with E-state index in [0.29, 0.717) is 47.0 Å². The van der Waals surface area contributed by atoms with Crippen molar-refractivity contribution in [3.63, 3.8) is 0 Å². The lowest BCUT2D eigenvalue weighted by Gasteiger charge is -2.28. The second-order valence-corrected chi connectivity index (χ2v) is 22.6. The van der Waals surface area contributed by atoms with Crippen molar-refractivity contribution in [3.05, 3.63) is 234 Å². The van der Waals surface area contributed by atoms with Gasteiger partial charge in [0.1, 0.15) is 24.7 Å². The summed E-state index contributed by atoms with van der Waals surface area (Å²) < 4.78 is 323. The maximum atomic E-state index is 14.6. The van der Waals surface area contributed by atoms with Crippen LogP contribution < -0.4 is 11.1 Å². The minimum atomic E-state index is -5.31. The van der Waals surface area contributed by atoms with Gasteiger partial charge in [-0.2, -0.15) is 36.3 Å². The van der Waals surface area contributed by atoms with Gasteiger partial charge >= 0.3 is 12.4 Å². The van der Waals surface area contributed by atoms with Gasteiger partial charge in [0.25, 0.3) is 11.1 Å². The fraction of sp³-hybridized carbons (Fsp3) is 0.370. The van der Waals surface area contributed by atoms with Crippen molar-refractivity contribution in [2.24, 2.45) is 5.89 Å². The first-order chi connectivity index (χ1) is 54.9. The Morgan fingerprint density at radius 2 is 0.958 bits per heavy atom. The molecule has 6 aromatic carbocycles. The zero-order valence-electron chi connectivity index (χ0n) is 76.6. The van der Waals surface area contributed by atoms with Gasteiger partial charge in [-0.15, -0.1) is 0 Å². The number of hydrogen-bond donors (Lipinski definition) is 0. The number of fused-ring (bicyclic) bond motifs is 2. The molecular weight excluding hydrogens is 1270 g/mol. The van der Waals surface area contributed by atoms with Crippen molar-refractivity contribution in [2.45, 2.75) is 127 Å². The number of thioether (sulfide) groups is 2. The maximum Gasteiger partial charge on any atom is 0.416 e. The summed E-state index contributed by atoms with van der Waals surface area (Å²) in [6, 6.07) is 10.2. The van der Waals surface area contributed by atoms with Gasteiger partial charge in [0.05, 0.1) is 22.1 Å². The number of halogens is 8. The van der Waals surface area contributed by atoms with E-state index in [2.05, 4.69) is 9.97 Å². The number of amides is 2. The number of hydrogen-bond acceptors (Lipinski definition) is 10. The van der Waals surface area contributed by atoms with Crippen LogP contribution in [0.2, 0.25) is 0 Å². The van der Waals surface area contributed by atoms with Gasteiger partial charge in [-0.1, -0.05) is 155 Å². The molecular formula is C73H78F8N8O4S2. The second kappa shape index (κ2) is 32.7. The summed E-state index contributed by atoms with van der Waals surface area (Å²) in [5.41, 5.74) is -11.3. The van der Waals surface area contributed by atoms with E-state index in [4.69, 9.17) is 34.3 Å². The highest BCUT2D eigenvalue weighted by molar-refractivity contribution is 7.98. The van der Waals surface area contributed by atoms with Crippen molar-refractivity contribution < 1.29 is 79.0 Å². The lowest BCUT2D eigenvalue weighted by molar-refractivity contribution is -0.138. The maximum absolute atomic E-state index is 14.6. The van der Waals surface area contributed by atoms with Crippen molar-refractivity contribution in [3.8, 4) is 22.3 Å².